The predicted octanol–water partition coefficient (Wildman–Crippen LogP) is 2.26. The number of aromatic carboxylic acids is 1. The number of fused-ring (bicyclic) bond motifs is 1. The summed E-state index contributed by atoms with van der Waals surface area (Å²) in [5.41, 5.74) is 0.782. The zero-order chi connectivity index (χ0) is 13.4. The summed E-state index contributed by atoms with van der Waals surface area (Å²) < 4.78 is 2.81. The van der Waals surface area contributed by atoms with E-state index in [0.29, 0.717) is 5.52 Å². The van der Waals surface area contributed by atoms with Crippen molar-refractivity contribution in [2.24, 2.45) is 0 Å². The predicted molar refractivity (Wildman–Crippen MR) is 74.7 cm³/mol. The van der Waals surface area contributed by atoms with Crippen molar-refractivity contribution in [1.29, 1.82) is 0 Å². The zero-order valence-corrected chi connectivity index (χ0v) is 11.9. The minimum Gasteiger partial charge on any atom is -0.476 e. The van der Waals surface area contributed by atoms with Crippen LogP contribution in [0.3, 0.4) is 0 Å². The average molecular weight is 324 g/mol. The molecule has 0 bridgehead atoms. The maximum absolute atomic E-state index is 11.3. The second-order valence-corrected chi connectivity index (χ2v) is 5.69. The van der Waals surface area contributed by atoms with Crippen molar-refractivity contribution in [3.8, 4) is 0 Å². The van der Waals surface area contributed by atoms with Gasteiger partial charge in [0.2, 0.25) is 0 Å². The van der Waals surface area contributed by atoms with Gasteiger partial charge in [-0.25, -0.2) is 9.78 Å². The number of rotatable bonds is 2. The minimum absolute atomic E-state index is 0.132. The molecule has 3 rings (SSSR count). The molecule has 2 aromatic rings. The van der Waals surface area contributed by atoms with Crippen LogP contribution in [0.15, 0.2) is 22.8 Å². The summed E-state index contributed by atoms with van der Waals surface area (Å²) in [5.74, 6) is 0.124. The highest BCUT2D eigenvalue weighted by atomic mass is 79.9. The van der Waals surface area contributed by atoms with E-state index in [0.717, 1.165) is 36.2 Å². The molecule has 1 fully saturated rings. The van der Waals surface area contributed by atoms with Gasteiger partial charge in [0.1, 0.15) is 5.82 Å². The quantitative estimate of drug-likeness (QED) is 0.889. The first-order valence-electron chi connectivity index (χ1n) is 6.28. The van der Waals surface area contributed by atoms with Crippen molar-refractivity contribution in [1.82, 2.24) is 14.7 Å². The lowest BCUT2D eigenvalue weighted by atomic mass is 9.99. The van der Waals surface area contributed by atoms with Crippen molar-refractivity contribution in [2.75, 3.05) is 13.1 Å². The first-order valence-corrected chi connectivity index (χ1v) is 7.07. The van der Waals surface area contributed by atoms with E-state index in [2.05, 4.69) is 26.2 Å². The Morgan fingerprint density at radius 3 is 3.05 bits per heavy atom. The molecular weight excluding hydrogens is 310 g/mol. The number of imidazole rings is 1. The van der Waals surface area contributed by atoms with Crippen LogP contribution in [0.1, 0.15) is 35.1 Å². The number of pyridine rings is 1. The second-order valence-electron chi connectivity index (χ2n) is 4.77. The molecule has 0 amide bonds. The van der Waals surface area contributed by atoms with Crippen molar-refractivity contribution in [3.05, 3.63) is 34.3 Å². The largest absolute Gasteiger partial charge is 0.476 e. The third-order valence-corrected chi connectivity index (χ3v) is 3.96. The molecule has 1 saturated heterocycles. The van der Waals surface area contributed by atoms with Gasteiger partial charge in [-0.1, -0.05) is 0 Å². The number of carboxylic acid groups (broad SMARTS) is 1. The number of carboxylic acids is 1. The van der Waals surface area contributed by atoms with E-state index in [1.807, 2.05) is 16.7 Å². The summed E-state index contributed by atoms with van der Waals surface area (Å²) in [6.45, 7) is 1.87. The Balaban J connectivity index is 2.17. The molecule has 1 atom stereocenters. The highest BCUT2D eigenvalue weighted by Gasteiger charge is 2.24. The Labute approximate surface area is 118 Å². The minimum atomic E-state index is -0.977. The Morgan fingerprint density at radius 1 is 1.53 bits per heavy atom. The highest BCUT2D eigenvalue weighted by molar-refractivity contribution is 9.10. The van der Waals surface area contributed by atoms with Gasteiger partial charge in [0.05, 0.1) is 5.52 Å². The van der Waals surface area contributed by atoms with E-state index in [4.69, 9.17) is 0 Å². The lowest BCUT2D eigenvalue weighted by molar-refractivity contribution is 0.0693. The molecule has 0 aliphatic carbocycles. The Bertz CT molecular complexity index is 632. The Hall–Kier alpha value is -1.40. The van der Waals surface area contributed by atoms with Crippen LogP contribution < -0.4 is 5.32 Å². The summed E-state index contributed by atoms with van der Waals surface area (Å²) in [5, 5.41) is 12.6. The van der Waals surface area contributed by atoms with Crippen molar-refractivity contribution in [2.45, 2.75) is 18.8 Å². The number of piperidine rings is 1. The molecule has 1 unspecified atom stereocenters. The molecule has 2 N–H and O–H groups in total. The first-order chi connectivity index (χ1) is 9.16. The van der Waals surface area contributed by atoms with Crippen molar-refractivity contribution in [3.63, 3.8) is 0 Å². The average Bonchev–Trinajstić information content (AvgIpc) is 2.78. The normalized spacial score (nSPS) is 19.7. The SMILES string of the molecule is O=C(O)c1nc(C2CCCNC2)n2cc(Br)ccc12. The fourth-order valence-corrected chi connectivity index (χ4v) is 2.94. The molecule has 1 aliphatic rings. The van der Waals surface area contributed by atoms with E-state index in [1.54, 1.807) is 6.07 Å². The van der Waals surface area contributed by atoms with Crippen molar-refractivity contribution < 1.29 is 9.90 Å². The lowest BCUT2D eigenvalue weighted by Crippen LogP contribution is -2.29. The maximum Gasteiger partial charge on any atom is 0.356 e. The molecule has 3 heterocycles. The van der Waals surface area contributed by atoms with Crippen molar-refractivity contribution >= 4 is 27.4 Å². The summed E-state index contributed by atoms with van der Waals surface area (Å²) in [6.07, 6.45) is 4.02. The van der Waals surface area contributed by atoms with E-state index in [-0.39, 0.29) is 11.6 Å². The van der Waals surface area contributed by atoms with Gasteiger partial charge in [-0.3, -0.25) is 0 Å². The number of nitrogens with zero attached hydrogens (tertiary/aromatic N) is 2. The van der Waals surface area contributed by atoms with Gasteiger partial charge in [0.25, 0.3) is 0 Å². The van der Waals surface area contributed by atoms with E-state index >= 15 is 0 Å². The highest BCUT2D eigenvalue weighted by Crippen LogP contribution is 2.26. The number of carbonyl (C=O) groups is 1. The van der Waals surface area contributed by atoms with Gasteiger partial charge < -0.3 is 14.8 Å². The van der Waals surface area contributed by atoms with Gasteiger partial charge >= 0.3 is 5.97 Å². The van der Waals surface area contributed by atoms with Crippen LogP contribution in [-0.2, 0) is 0 Å². The number of halogens is 1. The van der Waals surface area contributed by atoms with Crippen LogP contribution in [0.5, 0.6) is 0 Å². The number of hydrogen-bond acceptors (Lipinski definition) is 3. The second kappa shape index (κ2) is 4.94. The van der Waals surface area contributed by atoms with Crippen LogP contribution in [0.25, 0.3) is 5.52 Å². The molecule has 1 aliphatic heterocycles. The van der Waals surface area contributed by atoms with Gasteiger partial charge in [-0.05, 0) is 47.4 Å². The van der Waals surface area contributed by atoms with E-state index in [1.165, 1.54) is 0 Å². The number of nitrogens with one attached hydrogen (secondary N) is 1. The zero-order valence-electron chi connectivity index (χ0n) is 10.3. The number of aromatic nitrogens is 2. The Morgan fingerprint density at radius 2 is 2.37 bits per heavy atom. The van der Waals surface area contributed by atoms with Gasteiger partial charge in [0, 0.05) is 23.1 Å². The number of hydrogen-bond donors (Lipinski definition) is 2. The maximum atomic E-state index is 11.3. The molecule has 19 heavy (non-hydrogen) atoms. The summed E-state index contributed by atoms with van der Waals surface area (Å²) >= 11 is 3.43. The van der Waals surface area contributed by atoms with Crippen LogP contribution >= 0.6 is 15.9 Å². The van der Waals surface area contributed by atoms with Crippen LogP contribution in [-0.4, -0.2) is 33.6 Å². The smallest absolute Gasteiger partial charge is 0.356 e. The third kappa shape index (κ3) is 2.26. The molecule has 100 valence electrons. The van der Waals surface area contributed by atoms with E-state index in [9.17, 15) is 9.90 Å². The third-order valence-electron chi connectivity index (χ3n) is 3.49. The summed E-state index contributed by atoms with van der Waals surface area (Å²) in [4.78, 5) is 15.6. The fourth-order valence-electron chi connectivity index (χ4n) is 2.60. The molecule has 6 heteroatoms. The van der Waals surface area contributed by atoms with Crippen LogP contribution in [0.2, 0.25) is 0 Å². The standard InChI is InChI=1S/C13H14BrN3O2/c14-9-3-4-10-11(13(18)19)16-12(17(10)7-9)8-2-1-5-15-6-8/h3-4,7-8,15H,1-2,5-6H2,(H,18,19). The van der Waals surface area contributed by atoms with Crippen LogP contribution in [0, 0.1) is 0 Å². The molecule has 0 aromatic carbocycles. The van der Waals surface area contributed by atoms with E-state index < -0.39 is 5.97 Å². The monoisotopic (exact) mass is 323 g/mol. The van der Waals surface area contributed by atoms with Crippen LogP contribution in [0.4, 0.5) is 0 Å². The molecule has 0 saturated carbocycles. The van der Waals surface area contributed by atoms with Gasteiger partial charge in [-0.2, -0.15) is 0 Å². The molecule has 5 nitrogen and oxygen atoms in total. The fraction of sp³-hybridized carbons (Fsp3) is 0.385. The first kappa shape index (κ1) is 12.6. The van der Waals surface area contributed by atoms with Gasteiger partial charge in [-0.15, -0.1) is 0 Å². The van der Waals surface area contributed by atoms with Gasteiger partial charge in [0.15, 0.2) is 5.69 Å². The molecule has 2 aromatic heterocycles. The summed E-state index contributed by atoms with van der Waals surface area (Å²) in [7, 11) is 0. The summed E-state index contributed by atoms with van der Waals surface area (Å²) in [6, 6.07) is 3.63. The lowest BCUT2D eigenvalue weighted by Gasteiger charge is -2.21. The topological polar surface area (TPSA) is 66.6 Å². The molecule has 0 spiro atoms. The molecule has 0 radical (unpaired) electrons. The molecular formula is C13H14BrN3O2. The Kier molecular flexibility index (Phi) is 3.28.